The van der Waals surface area contributed by atoms with Crippen molar-refractivity contribution in [2.24, 2.45) is 0 Å². The second-order valence-corrected chi connectivity index (χ2v) is 8.26. The maximum Gasteiger partial charge on any atom is 0.193 e. The van der Waals surface area contributed by atoms with E-state index in [1.165, 1.54) is 7.11 Å². The number of nitrogens with one attached hydrogen (secondary N) is 2. The number of benzene rings is 3. The zero-order valence-electron chi connectivity index (χ0n) is 18.2. The highest BCUT2D eigenvalue weighted by molar-refractivity contribution is 6.10. The lowest BCUT2D eigenvalue weighted by atomic mass is 9.86. The van der Waals surface area contributed by atoms with Crippen LogP contribution in [-0.2, 0) is 4.79 Å². The molecular weight excluding hydrogens is 416 g/mol. The Morgan fingerprint density at radius 1 is 0.970 bits per heavy atom. The van der Waals surface area contributed by atoms with Gasteiger partial charge in [0.1, 0.15) is 0 Å². The zero-order chi connectivity index (χ0) is 22.9. The molecule has 1 heterocycles. The number of carbonyl (C=O) groups is 2. The van der Waals surface area contributed by atoms with E-state index in [2.05, 4.69) is 10.6 Å². The van der Waals surface area contributed by atoms with Crippen LogP contribution in [0, 0.1) is 0 Å². The lowest BCUT2D eigenvalue weighted by molar-refractivity contribution is -0.116. The van der Waals surface area contributed by atoms with Gasteiger partial charge < -0.3 is 20.5 Å². The number of phenolic OH excluding ortho intramolecular Hbond substituents is 1. The number of Topliss-reactive ketones (excluding diaryl/α,β-unsaturated/α-hetero) is 1. The van der Waals surface area contributed by atoms with Gasteiger partial charge in [-0.05, 0) is 48.7 Å². The van der Waals surface area contributed by atoms with Gasteiger partial charge in [0.05, 0.1) is 24.5 Å². The monoisotopic (exact) mass is 440 g/mol. The second-order valence-electron chi connectivity index (χ2n) is 8.26. The smallest absolute Gasteiger partial charge is 0.193 e. The molecule has 166 valence electrons. The Balaban J connectivity index is 1.58. The van der Waals surface area contributed by atoms with Gasteiger partial charge in [0.15, 0.2) is 23.1 Å². The van der Waals surface area contributed by atoms with Crippen LogP contribution in [0.2, 0.25) is 0 Å². The molecule has 5 rings (SSSR count). The van der Waals surface area contributed by atoms with E-state index in [9.17, 15) is 14.7 Å². The molecule has 0 aromatic heterocycles. The number of hydrogen-bond donors (Lipinski definition) is 3. The first-order chi connectivity index (χ1) is 16.0. The number of ketones is 2. The summed E-state index contributed by atoms with van der Waals surface area (Å²) in [7, 11) is 1.50. The van der Waals surface area contributed by atoms with Gasteiger partial charge in [-0.25, -0.2) is 0 Å². The number of aromatic hydroxyl groups is 1. The Hall–Kier alpha value is -4.06. The molecule has 0 radical (unpaired) electrons. The molecule has 0 bridgehead atoms. The first-order valence-corrected chi connectivity index (χ1v) is 11.0. The van der Waals surface area contributed by atoms with E-state index in [0.717, 1.165) is 35.5 Å². The molecule has 2 aliphatic rings. The molecule has 1 aliphatic heterocycles. The molecule has 3 N–H and O–H groups in total. The van der Waals surface area contributed by atoms with Gasteiger partial charge in [-0.15, -0.1) is 0 Å². The minimum absolute atomic E-state index is 0.0171. The van der Waals surface area contributed by atoms with Crippen molar-refractivity contribution < 1.29 is 19.4 Å². The predicted molar refractivity (Wildman–Crippen MR) is 127 cm³/mol. The third-order valence-corrected chi connectivity index (χ3v) is 6.18. The molecule has 0 fully saturated rings. The fourth-order valence-corrected chi connectivity index (χ4v) is 4.53. The van der Waals surface area contributed by atoms with Crippen LogP contribution in [0.4, 0.5) is 11.4 Å². The highest BCUT2D eigenvalue weighted by atomic mass is 16.5. The largest absolute Gasteiger partial charge is 0.504 e. The zero-order valence-corrected chi connectivity index (χ0v) is 18.2. The molecule has 1 atom stereocenters. The molecule has 6 nitrogen and oxygen atoms in total. The number of phenols is 1. The number of anilines is 2. The van der Waals surface area contributed by atoms with E-state index >= 15 is 0 Å². The van der Waals surface area contributed by atoms with E-state index in [0.29, 0.717) is 28.9 Å². The van der Waals surface area contributed by atoms with Crippen molar-refractivity contribution in [3.05, 3.63) is 94.7 Å². The number of rotatable bonds is 4. The average Bonchev–Trinajstić information content (AvgIpc) is 3.01. The lowest BCUT2D eigenvalue weighted by Gasteiger charge is -2.25. The van der Waals surface area contributed by atoms with E-state index in [4.69, 9.17) is 4.74 Å². The van der Waals surface area contributed by atoms with E-state index < -0.39 is 6.04 Å². The molecule has 6 heteroatoms. The SMILES string of the molecule is COc1ccc([C@H]2Nc3ccc(C(=O)c4ccccc4)cc3NC3=C2C(=O)CCC3)cc1O. The van der Waals surface area contributed by atoms with Crippen LogP contribution in [-0.4, -0.2) is 23.8 Å². The van der Waals surface area contributed by atoms with Crippen molar-refractivity contribution in [1.29, 1.82) is 0 Å². The standard InChI is InChI=1S/C27H24N2O4/c1-33-24-13-11-17(15-23(24)31)26-25-20(8-5-9-22(25)30)28-21-14-18(10-12-19(21)29-26)27(32)16-6-3-2-4-7-16/h2-4,6-7,10-15,26,28-29,31H,5,8-9H2,1H3/t26-/m1/s1. The summed E-state index contributed by atoms with van der Waals surface area (Å²) in [6.07, 6.45) is 1.98. The second kappa shape index (κ2) is 8.47. The van der Waals surface area contributed by atoms with Crippen molar-refractivity contribution >= 4 is 22.9 Å². The molecule has 0 unspecified atom stereocenters. The van der Waals surface area contributed by atoms with Crippen LogP contribution in [0.15, 0.2) is 78.0 Å². The average molecular weight is 440 g/mol. The summed E-state index contributed by atoms with van der Waals surface area (Å²) in [6.45, 7) is 0. The van der Waals surface area contributed by atoms with Gasteiger partial charge in [0.2, 0.25) is 0 Å². The van der Waals surface area contributed by atoms with Gasteiger partial charge >= 0.3 is 0 Å². The van der Waals surface area contributed by atoms with Gasteiger partial charge in [-0.2, -0.15) is 0 Å². The van der Waals surface area contributed by atoms with Gasteiger partial charge in [0, 0.05) is 28.8 Å². The quantitative estimate of drug-likeness (QED) is 0.482. The summed E-state index contributed by atoms with van der Waals surface area (Å²) >= 11 is 0. The van der Waals surface area contributed by atoms with Crippen LogP contribution in [0.25, 0.3) is 0 Å². The minimum atomic E-state index is -0.436. The molecule has 0 spiro atoms. The third-order valence-electron chi connectivity index (χ3n) is 6.18. The molecule has 33 heavy (non-hydrogen) atoms. The van der Waals surface area contributed by atoms with Crippen LogP contribution in [0.1, 0.15) is 46.8 Å². The minimum Gasteiger partial charge on any atom is -0.504 e. The highest BCUT2D eigenvalue weighted by Crippen LogP contribution is 2.42. The molecule has 0 amide bonds. The Kier molecular flexibility index (Phi) is 5.34. The molecule has 3 aromatic carbocycles. The summed E-state index contributed by atoms with van der Waals surface area (Å²) in [6, 6.07) is 19.4. The summed E-state index contributed by atoms with van der Waals surface area (Å²) in [5.74, 6) is 0.405. The molecule has 3 aromatic rings. The van der Waals surface area contributed by atoms with Crippen LogP contribution >= 0.6 is 0 Å². The summed E-state index contributed by atoms with van der Waals surface area (Å²) < 4.78 is 5.17. The Labute approximate surface area is 191 Å². The van der Waals surface area contributed by atoms with Crippen molar-refractivity contribution in [3.8, 4) is 11.5 Å². The molecule has 1 aliphatic carbocycles. The normalized spacial score (nSPS) is 17.2. The van der Waals surface area contributed by atoms with Crippen LogP contribution in [0.5, 0.6) is 11.5 Å². The van der Waals surface area contributed by atoms with E-state index in [-0.39, 0.29) is 17.3 Å². The fraction of sp³-hybridized carbons (Fsp3) is 0.185. The maximum absolute atomic E-state index is 13.0. The number of allylic oxidation sites excluding steroid dienone is 1. The summed E-state index contributed by atoms with van der Waals surface area (Å²) in [5.41, 5.74) is 4.99. The Bertz CT molecular complexity index is 1280. The summed E-state index contributed by atoms with van der Waals surface area (Å²) in [5, 5.41) is 17.3. The number of methoxy groups -OCH3 is 1. The predicted octanol–water partition coefficient (Wildman–Crippen LogP) is 5.22. The number of fused-ring (bicyclic) bond motifs is 1. The summed E-state index contributed by atoms with van der Waals surface area (Å²) in [4.78, 5) is 26.0. The van der Waals surface area contributed by atoms with Gasteiger partial charge in [-0.1, -0.05) is 36.4 Å². The van der Waals surface area contributed by atoms with Gasteiger partial charge in [0.25, 0.3) is 0 Å². The van der Waals surface area contributed by atoms with Crippen molar-refractivity contribution in [2.75, 3.05) is 17.7 Å². The van der Waals surface area contributed by atoms with Crippen molar-refractivity contribution in [3.63, 3.8) is 0 Å². The van der Waals surface area contributed by atoms with Crippen molar-refractivity contribution in [2.45, 2.75) is 25.3 Å². The van der Waals surface area contributed by atoms with E-state index in [1.54, 1.807) is 30.3 Å². The molecule has 0 saturated carbocycles. The van der Waals surface area contributed by atoms with Crippen molar-refractivity contribution in [1.82, 2.24) is 0 Å². The topological polar surface area (TPSA) is 87.7 Å². The van der Waals surface area contributed by atoms with E-state index in [1.807, 2.05) is 36.4 Å². The van der Waals surface area contributed by atoms with Crippen LogP contribution < -0.4 is 15.4 Å². The Morgan fingerprint density at radius 3 is 2.55 bits per heavy atom. The number of hydrogen-bond acceptors (Lipinski definition) is 6. The highest BCUT2D eigenvalue weighted by Gasteiger charge is 2.32. The first-order valence-electron chi connectivity index (χ1n) is 11.0. The fourth-order valence-electron chi connectivity index (χ4n) is 4.53. The van der Waals surface area contributed by atoms with Crippen LogP contribution in [0.3, 0.4) is 0 Å². The molecule has 0 saturated heterocycles. The Morgan fingerprint density at radius 2 is 1.79 bits per heavy atom. The van der Waals surface area contributed by atoms with Gasteiger partial charge in [-0.3, -0.25) is 9.59 Å². The lowest BCUT2D eigenvalue weighted by Crippen LogP contribution is -2.23. The molecular formula is C27H24N2O4. The first kappa shape index (κ1) is 20.8. The third kappa shape index (κ3) is 3.84. The number of carbonyl (C=O) groups excluding carboxylic acids is 2. The number of ether oxygens (including phenoxy) is 1. The maximum atomic E-state index is 13.0.